The Kier molecular flexibility index (Phi) is 4.01. The van der Waals surface area contributed by atoms with Crippen LogP contribution in [0, 0.1) is 17.0 Å². The molecule has 0 fully saturated rings. The third-order valence-electron chi connectivity index (χ3n) is 2.68. The molecule has 2 rings (SSSR count). The van der Waals surface area contributed by atoms with Crippen LogP contribution in [0.4, 0.5) is 5.69 Å². The van der Waals surface area contributed by atoms with Crippen LogP contribution in [0.25, 0.3) is 11.0 Å². The zero-order valence-electron chi connectivity index (χ0n) is 9.64. The minimum atomic E-state index is -0.403. The van der Waals surface area contributed by atoms with Gasteiger partial charge in [0.15, 0.2) is 0 Å². The van der Waals surface area contributed by atoms with E-state index < -0.39 is 4.92 Å². The molecule has 0 N–H and O–H groups in total. The van der Waals surface area contributed by atoms with Gasteiger partial charge in [0, 0.05) is 28.8 Å². The summed E-state index contributed by atoms with van der Waals surface area (Å²) >= 11 is 6.96. The molecular weight excluding hydrogens is 366 g/mol. The molecule has 0 spiro atoms. The van der Waals surface area contributed by atoms with Gasteiger partial charge in [-0.25, -0.2) is 4.98 Å². The van der Waals surface area contributed by atoms with E-state index in [1.54, 1.807) is 6.07 Å². The van der Waals surface area contributed by atoms with Gasteiger partial charge in [-0.1, -0.05) is 31.9 Å². The maximum atomic E-state index is 10.7. The van der Waals surface area contributed by atoms with Crippen molar-refractivity contribution in [2.75, 3.05) is 5.33 Å². The van der Waals surface area contributed by atoms with Crippen LogP contribution in [0.3, 0.4) is 0 Å². The van der Waals surface area contributed by atoms with E-state index in [9.17, 15) is 10.1 Å². The number of imidazole rings is 1. The topological polar surface area (TPSA) is 61.0 Å². The molecule has 0 aliphatic carbocycles. The quantitative estimate of drug-likeness (QED) is 0.466. The number of rotatable bonds is 4. The van der Waals surface area contributed by atoms with Gasteiger partial charge in [-0.05, 0) is 13.0 Å². The molecule has 0 amide bonds. The molecule has 2 aromatic rings. The summed E-state index contributed by atoms with van der Waals surface area (Å²) in [7, 11) is 0. The standard InChI is InChI=1S/C11H11Br2N3O2/c1-7-14-10-4-9(16(17)18)2-3-11(10)15(7)6-8(13)5-12/h2-4,8H,5-6H2,1H3. The van der Waals surface area contributed by atoms with Crippen molar-refractivity contribution in [2.45, 2.75) is 18.3 Å². The van der Waals surface area contributed by atoms with Gasteiger partial charge in [0.2, 0.25) is 0 Å². The second kappa shape index (κ2) is 5.36. The third-order valence-corrected chi connectivity index (χ3v) is 4.95. The summed E-state index contributed by atoms with van der Waals surface area (Å²) in [6.45, 7) is 2.67. The lowest BCUT2D eigenvalue weighted by Gasteiger charge is -2.10. The molecule has 1 unspecified atom stereocenters. The molecule has 0 saturated carbocycles. The highest BCUT2D eigenvalue weighted by Gasteiger charge is 2.14. The van der Waals surface area contributed by atoms with Gasteiger partial charge in [0.05, 0.1) is 16.0 Å². The summed E-state index contributed by atoms with van der Waals surface area (Å²) in [5, 5.41) is 11.6. The first-order chi connectivity index (χ1) is 8.52. The predicted molar refractivity (Wildman–Crippen MR) is 77.6 cm³/mol. The molecule has 7 heteroatoms. The highest BCUT2D eigenvalue weighted by atomic mass is 79.9. The molecule has 96 valence electrons. The molecule has 1 aromatic carbocycles. The van der Waals surface area contributed by atoms with Crippen LogP contribution in [0.1, 0.15) is 5.82 Å². The highest BCUT2D eigenvalue weighted by molar-refractivity contribution is 9.12. The summed E-state index contributed by atoms with van der Waals surface area (Å²) in [5.74, 6) is 0.857. The van der Waals surface area contributed by atoms with E-state index in [0.29, 0.717) is 10.3 Å². The minimum absolute atomic E-state index is 0.0723. The van der Waals surface area contributed by atoms with Gasteiger partial charge in [-0.2, -0.15) is 0 Å². The summed E-state index contributed by atoms with van der Waals surface area (Å²) in [5.41, 5.74) is 1.66. The zero-order chi connectivity index (χ0) is 13.3. The van der Waals surface area contributed by atoms with E-state index in [0.717, 1.165) is 23.2 Å². The van der Waals surface area contributed by atoms with Gasteiger partial charge in [-0.3, -0.25) is 10.1 Å². The molecule has 1 aromatic heterocycles. The summed E-state index contributed by atoms with van der Waals surface area (Å²) in [4.78, 5) is 15.0. The number of aromatic nitrogens is 2. The number of benzene rings is 1. The number of hydrogen-bond donors (Lipinski definition) is 0. The number of hydrogen-bond acceptors (Lipinski definition) is 3. The van der Waals surface area contributed by atoms with E-state index in [1.165, 1.54) is 12.1 Å². The van der Waals surface area contributed by atoms with E-state index in [1.807, 2.05) is 6.92 Å². The van der Waals surface area contributed by atoms with Crippen molar-refractivity contribution in [3.8, 4) is 0 Å². The SMILES string of the molecule is Cc1nc2cc([N+](=O)[O-])ccc2n1CC(Br)CBr. The van der Waals surface area contributed by atoms with Crippen LogP contribution in [0.2, 0.25) is 0 Å². The van der Waals surface area contributed by atoms with Crippen molar-refractivity contribution in [3.05, 3.63) is 34.1 Å². The number of aryl methyl sites for hydroxylation is 1. The van der Waals surface area contributed by atoms with Crippen LogP contribution < -0.4 is 0 Å². The summed E-state index contributed by atoms with van der Waals surface area (Å²) < 4.78 is 2.06. The maximum Gasteiger partial charge on any atom is 0.271 e. The van der Waals surface area contributed by atoms with E-state index in [4.69, 9.17) is 0 Å². The molecule has 0 aliphatic rings. The summed E-state index contributed by atoms with van der Waals surface area (Å²) in [6, 6.07) is 4.77. The molecule has 0 bridgehead atoms. The number of nitro benzene ring substituents is 1. The fourth-order valence-corrected chi connectivity index (χ4v) is 2.32. The van der Waals surface area contributed by atoms with Crippen molar-refractivity contribution in [3.63, 3.8) is 0 Å². The molecule has 0 aliphatic heterocycles. The van der Waals surface area contributed by atoms with Crippen LogP contribution in [0.15, 0.2) is 18.2 Å². The average Bonchev–Trinajstić information content (AvgIpc) is 2.64. The van der Waals surface area contributed by atoms with Crippen molar-refractivity contribution in [1.29, 1.82) is 0 Å². The van der Waals surface area contributed by atoms with Gasteiger partial charge in [0.25, 0.3) is 5.69 Å². The fraction of sp³-hybridized carbons (Fsp3) is 0.364. The highest BCUT2D eigenvalue weighted by Crippen LogP contribution is 2.23. The number of halogens is 2. The summed E-state index contributed by atoms with van der Waals surface area (Å²) in [6.07, 6.45) is 0. The van der Waals surface area contributed by atoms with E-state index >= 15 is 0 Å². The van der Waals surface area contributed by atoms with Crippen molar-refractivity contribution in [2.24, 2.45) is 0 Å². The predicted octanol–water partition coefficient (Wildman–Crippen LogP) is 3.41. The minimum Gasteiger partial charge on any atom is -0.327 e. The van der Waals surface area contributed by atoms with Crippen LogP contribution in [0.5, 0.6) is 0 Å². The number of non-ortho nitro benzene ring substituents is 1. The molecular formula is C11H11Br2N3O2. The number of nitrogens with zero attached hydrogens (tertiary/aromatic N) is 3. The Morgan fingerprint density at radius 1 is 1.56 bits per heavy atom. The van der Waals surface area contributed by atoms with Gasteiger partial charge in [0.1, 0.15) is 5.82 Å². The second-order valence-corrected chi connectivity index (χ2v) is 5.89. The fourth-order valence-electron chi connectivity index (χ4n) is 1.83. The Labute approximate surface area is 121 Å². The van der Waals surface area contributed by atoms with Gasteiger partial charge in [-0.15, -0.1) is 0 Å². The smallest absolute Gasteiger partial charge is 0.271 e. The Balaban J connectivity index is 2.48. The van der Waals surface area contributed by atoms with Gasteiger partial charge < -0.3 is 4.57 Å². The lowest BCUT2D eigenvalue weighted by Crippen LogP contribution is -2.12. The maximum absolute atomic E-state index is 10.7. The molecule has 0 saturated heterocycles. The lowest BCUT2D eigenvalue weighted by atomic mass is 10.3. The first kappa shape index (κ1) is 13.5. The molecule has 1 heterocycles. The van der Waals surface area contributed by atoms with Crippen molar-refractivity contribution < 1.29 is 4.92 Å². The Bertz CT molecular complexity index is 597. The van der Waals surface area contributed by atoms with Crippen LogP contribution >= 0.6 is 31.9 Å². The Morgan fingerprint density at radius 3 is 2.89 bits per heavy atom. The largest absolute Gasteiger partial charge is 0.327 e. The van der Waals surface area contributed by atoms with Crippen LogP contribution in [-0.2, 0) is 6.54 Å². The lowest BCUT2D eigenvalue weighted by molar-refractivity contribution is -0.384. The van der Waals surface area contributed by atoms with Gasteiger partial charge >= 0.3 is 0 Å². The monoisotopic (exact) mass is 375 g/mol. The van der Waals surface area contributed by atoms with Crippen molar-refractivity contribution >= 4 is 48.6 Å². The third kappa shape index (κ3) is 2.56. The van der Waals surface area contributed by atoms with E-state index in [2.05, 4.69) is 41.4 Å². The first-order valence-electron chi connectivity index (χ1n) is 5.34. The van der Waals surface area contributed by atoms with Crippen LogP contribution in [-0.4, -0.2) is 24.6 Å². The Hall–Kier alpha value is -0.950. The second-order valence-electron chi connectivity index (χ2n) is 3.95. The van der Waals surface area contributed by atoms with E-state index in [-0.39, 0.29) is 5.69 Å². The number of alkyl halides is 2. The molecule has 0 radical (unpaired) electrons. The average molecular weight is 377 g/mol. The first-order valence-corrected chi connectivity index (χ1v) is 7.38. The Morgan fingerprint density at radius 2 is 2.28 bits per heavy atom. The normalized spacial score (nSPS) is 12.8. The molecule has 1 atom stereocenters. The number of fused-ring (bicyclic) bond motifs is 1. The van der Waals surface area contributed by atoms with Crippen molar-refractivity contribution in [1.82, 2.24) is 9.55 Å². The molecule has 18 heavy (non-hydrogen) atoms. The molecule has 5 nitrogen and oxygen atoms in total. The number of nitro groups is 1. The zero-order valence-corrected chi connectivity index (χ0v) is 12.8.